The fourth-order valence-electron chi connectivity index (χ4n) is 3.74. The minimum Gasteiger partial charge on any atom is -0.381 e. The predicted molar refractivity (Wildman–Crippen MR) is 71.5 cm³/mol. The summed E-state index contributed by atoms with van der Waals surface area (Å²) in [6.45, 7) is 2.77. The Balaban J connectivity index is 1.52. The molecule has 0 aromatic heterocycles. The van der Waals surface area contributed by atoms with Crippen molar-refractivity contribution in [2.45, 2.75) is 55.9 Å². The maximum atomic E-state index is 6.22. The average Bonchev–Trinajstić information content (AvgIpc) is 2.88. The van der Waals surface area contributed by atoms with Gasteiger partial charge in [0, 0.05) is 22.8 Å². The second-order valence-electron chi connectivity index (χ2n) is 6.05. The van der Waals surface area contributed by atoms with E-state index < -0.39 is 0 Å². The molecule has 98 valence electrons. The van der Waals surface area contributed by atoms with Crippen LogP contribution in [0.5, 0.6) is 0 Å². The van der Waals surface area contributed by atoms with Gasteiger partial charge in [-0.3, -0.25) is 0 Å². The Bertz CT molecular complexity index is 257. The highest BCUT2D eigenvalue weighted by atomic mass is 79.9. The number of hydrogen-bond donors (Lipinski definition) is 0. The maximum absolute atomic E-state index is 6.22. The van der Waals surface area contributed by atoms with Gasteiger partial charge in [0.1, 0.15) is 0 Å². The maximum Gasteiger partial charge on any atom is 0.0653 e. The van der Waals surface area contributed by atoms with E-state index in [1.165, 1.54) is 44.9 Å². The lowest BCUT2D eigenvalue weighted by atomic mass is 9.58. The van der Waals surface area contributed by atoms with Gasteiger partial charge in [-0.2, -0.15) is 0 Å². The third-order valence-corrected chi connectivity index (χ3v) is 6.31. The summed E-state index contributed by atoms with van der Waals surface area (Å²) in [6, 6.07) is 0. The Morgan fingerprint density at radius 1 is 1.24 bits per heavy atom. The van der Waals surface area contributed by atoms with Crippen molar-refractivity contribution in [3.63, 3.8) is 0 Å². The molecule has 3 heteroatoms. The van der Waals surface area contributed by atoms with Crippen LogP contribution in [0, 0.1) is 11.3 Å². The summed E-state index contributed by atoms with van der Waals surface area (Å²) in [4.78, 5) is 0.708. The van der Waals surface area contributed by atoms with Crippen LogP contribution in [-0.2, 0) is 9.47 Å². The van der Waals surface area contributed by atoms with E-state index >= 15 is 0 Å². The molecule has 3 atom stereocenters. The molecule has 0 aromatic carbocycles. The van der Waals surface area contributed by atoms with Gasteiger partial charge in [-0.05, 0) is 25.7 Å². The lowest BCUT2D eigenvalue weighted by Gasteiger charge is -2.55. The summed E-state index contributed by atoms with van der Waals surface area (Å²) < 4.78 is 11.6. The molecule has 2 nitrogen and oxygen atoms in total. The molecular formula is C14H23BrO2. The van der Waals surface area contributed by atoms with Crippen molar-refractivity contribution in [1.29, 1.82) is 0 Å². The second-order valence-corrected chi connectivity index (χ2v) is 7.15. The third-order valence-electron chi connectivity index (χ3n) is 5.03. The van der Waals surface area contributed by atoms with Crippen LogP contribution in [0.1, 0.15) is 44.9 Å². The summed E-state index contributed by atoms with van der Waals surface area (Å²) in [5, 5.41) is 0. The Morgan fingerprint density at radius 3 is 2.71 bits per heavy atom. The molecule has 3 aliphatic rings. The molecule has 17 heavy (non-hydrogen) atoms. The van der Waals surface area contributed by atoms with Crippen LogP contribution >= 0.6 is 15.9 Å². The predicted octanol–water partition coefficient (Wildman–Crippen LogP) is 3.53. The molecule has 3 unspecified atom stereocenters. The number of alkyl halides is 1. The fraction of sp³-hybridized carbons (Fsp3) is 1.00. The average molecular weight is 303 g/mol. The van der Waals surface area contributed by atoms with Crippen LogP contribution in [0.25, 0.3) is 0 Å². The molecule has 1 aliphatic heterocycles. The van der Waals surface area contributed by atoms with Gasteiger partial charge >= 0.3 is 0 Å². The van der Waals surface area contributed by atoms with Crippen LogP contribution in [-0.4, -0.2) is 30.8 Å². The first-order valence-corrected chi connectivity index (χ1v) is 8.06. The Labute approximate surface area is 113 Å². The fourth-order valence-corrected chi connectivity index (χ4v) is 4.84. The number of hydrogen-bond acceptors (Lipinski definition) is 2. The lowest BCUT2D eigenvalue weighted by Crippen LogP contribution is -2.56. The van der Waals surface area contributed by atoms with Gasteiger partial charge in [-0.1, -0.05) is 35.2 Å². The molecule has 1 saturated heterocycles. The lowest BCUT2D eigenvalue weighted by molar-refractivity contribution is -0.128. The van der Waals surface area contributed by atoms with E-state index in [0.29, 0.717) is 22.3 Å². The van der Waals surface area contributed by atoms with Gasteiger partial charge in [-0.15, -0.1) is 0 Å². The van der Waals surface area contributed by atoms with Crippen molar-refractivity contribution in [3.05, 3.63) is 0 Å². The van der Waals surface area contributed by atoms with Gasteiger partial charge in [0.15, 0.2) is 0 Å². The highest BCUT2D eigenvalue weighted by molar-refractivity contribution is 9.09. The first-order chi connectivity index (χ1) is 8.31. The molecule has 3 rings (SSSR count). The zero-order valence-electron chi connectivity index (χ0n) is 10.5. The molecule has 0 amide bonds. The van der Waals surface area contributed by atoms with Gasteiger partial charge in [0.25, 0.3) is 0 Å². The number of rotatable bonds is 3. The number of halogens is 1. The molecule has 0 aromatic rings. The van der Waals surface area contributed by atoms with Crippen LogP contribution in [0.2, 0.25) is 0 Å². The SMILES string of the molecule is BrC1CC(OCC2CCOC2)C12CCCCC2. The summed E-state index contributed by atoms with van der Waals surface area (Å²) in [7, 11) is 0. The topological polar surface area (TPSA) is 18.5 Å². The normalized spacial score (nSPS) is 40.4. The molecule has 3 fully saturated rings. The van der Waals surface area contributed by atoms with Gasteiger partial charge in [0.2, 0.25) is 0 Å². The van der Waals surface area contributed by atoms with Crippen LogP contribution in [0.3, 0.4) is 0 Å². The van der Waals surface area contributed by atoms with E-state index in [4.69, 9.17) is 9.47 Å². The van der Waals surface area contributed by atoms with Crippen molar-refractivity contribution >= 4 is 15.9 Å². The summed E-state index contributed by atoms with van der Waals surface area (Å²) in [5.74, 6) is 0.657. The Kier molecular flexibility index (Phi) is 3.79. The highest BCUT2D eigenvalue weighted by Crippen LogP contribution is 2.56. The minimum atomic E-state index is 0.484. The summed E-state index contributed by atoms with van der Waals surface area (Å²) in [6.07, 6.45) is 9.88. The molecule has 0 bridgehead atoms. The van der Waals surface area contributed by atoms with E-state index in [1.54, 1.807) is 0 Å². The second kappa shape index (κ2) is 5.18. The monoisotopic (exact) mass is 302 g/mol. The molecule has 0 radical (unpaired) electrons. The van der Waals surface area contributed by atoms with E-state index in [9.17, 15) is 0 Å². The van der Waals surface area contributed by atoms with Gasteiger partial charge in [-0.25, -0.2) is 0 Å². The molecule has 1 heterocycles. The first-order valence-electron chi connectivity index (χ1n) is 7.15. The van der Waals surface area contributed by atoms with Crippen molar-refractivity contribution < 1.29 is 9.47 Å². The van der Waals surface area contributed by atoms with Crippen molar-refractivity contribution in [2.24, 2.45) is 11.3 Å². The largest absolute Gasteiger partial charge is 0.381 e. The Morgan fingerprint density at radius 2 is 2.06 bits per heavy atom. The third kappa shape index (κ3) is 2.31. The summed E-state index contributed by atoms with van der Waals surface area (Å²) >= 11 is 3.87. The van der Waals surface area contributed by atoms with Crippen molar-refractivity contribution in [2.75, 3.05) is 19.8 Å². The zero-order valence-corrected chi connectivity index (χ0v) is 12.1. The highest BCUT2D eigenvalue weighted by Gasteiger charge is 2.54. The van der Waals surface area contributed by atoms with Crippen molar-refractivity contribution in [1.82, 2.24) is 0 Å². The standard InChI is InChI=1S/C14H23BrO2/c15-12-8-13(14(12)5-2-1-3-6-14)17-10-11-4-7-16-9-11/h11-13H,1-10H2. The van der Waals surface area contributed by atoms with Gasteiger partial charge < -0.3 is 9.47 Å². The van der Waals surface area contributed by atoms with Crippen molar-refractivity contribution in [3.8, 4) is 0 Å². The van der Waals surface area contributed by atoms with E-state index in [-0.39, 0.29) is 0 Å². The quantitative estimate of drug-likeness (QED) is 0.743. The van der Waals surface area contributed by atoms with E-state index in [0.717, 1.165) is 19.8 Å². The Hall–Kier alpha value is 0.400. The van der Waals surface area contributed by atoms with Crippen LogP contribution in [0.4, 0.5) is 0 Å². The molecule has 2 saturated carbocycles. The molecule has 0 N–H and O–H groups in total. The van der Waals surface area contributed by atoms with E-state index in [1.807, 2.05) is 0 Å². The number of ether oxygens (including phenoxy) is 2. The molecule has 1 spiro atoms. The molecule has 2 aliphatic carbocycles. The smallest absolute Gasteiger partial charge is 0.0653 e. The molecular weight excluding hydrogens is 280 g/mol. The van der Waals surface area contributed by atoms with E-state index in [2.05, 4.69) is 15.9 Å². The van der Waals surface area contributed by atoms with Crippen LogP contribution < -0.4 is 0 Å². The minimum absolute atomic E-state index is 0.484. The van der Waals surface area contributed by atoms with Crippen LogP contribution in [0.15, 0.2) is 0 Å². The van der Waals surface area contributed by atoms with Gasteiger partial charge in [0.05, 0.1) is 19.3 Å². The summed E-state index contributed by atoms with van der Waals surface area (Å²) in [5.41, 5.74) is 0.484. The zero-order chi connectivity index (χ0) is 11.7. The first kappa shape index (κ1) is 12.4.